The molecule has 0 spiro atoms. The quantitative estimate of drug-likeness (QED) is 0.707. The molecule has 6 nitrogen and oxygen atoms in total. The topological polar surface area (TPSA) is 83.6 Å². The molecule has 2 aliphatic carbocycles. The van der Waals surface area contributed by atoms with Gasteiger partial charge in [-0.1, -0.05) is 32.5 Å². The maximum Gasteiger partial charge on any atom is 0.235 e. The first-order valence-electron chi connectivity index (χ1n) is 10.1. The molecule has 0 bridgehead atoms. The summed E-state index contributed by atoms with van der Waals surface area (Å²) in [5.41, 5.74) is 2.05. The minimum absolute atomic E-state index is 0.103. The van der Waals surface area contributed by atoms with E-state index >= 15 is 0 Å². The zero-order valence-electron chi connectivity index (χ0n) is 17.4. The predicted octanol–water partition coefficient (Wildman–Crippen LogP) is 4.51. The maximum atomic E-state index is 12.6. The van der Waals surface area contributed by atoms with Crippen molar-refractivity contribution in [3.8, 4) is 6.07 Å². The van der Waals surface area contributed by atoms with E-state index < -0.39 is 0 Å². The molecule has 1 N–H and O–H groups in total. The lowest BCUT2D eigenvalue weighted by atomic mass is 9.72. The molecule has 0 radical (unpaired) electrons. The van der Waals surface area contributed by atoms with E-state index in [-0.39, 0.29) is 17.1 Å². The second-order valence-electron chi connectivity index (χ2n) is 9.14. The molecular weight excluding hydrogens is 402 g/mol. The Morgan fingerprint density at radius 3 is 2.76 bits per heavy atom. The lowest BCUT2D eigenvalue weighted by Gasteiger charge is -2.33. The van der Waals surface area contributed by atoms with E-state index in [1.54, 1.807) is 11.3 Å². The van der Waals surface area contributed by atoms with Gasteiger partial charge < -0.3 is 9.88 Å². The van der Waals surface area contributed by atoms with Crippen molar-refractivity contribution >= 4 is 34.0 Å². The molecule has 1 fully saturated rings. The van der Waals surface area contributed by atoms with Gasteiger partial charge in [-0.15, -0.1) is 21.5 Å². The van der Waals surface area contributed by atoms with Gasteiger partial charge in [0.25, 0.3) is 0 Å². The smallest absolute Gasteiger partial charge is 0.235 e. The highest BCUT2D eigenvalue weighted by molar-refractivity contribution is 7.99. The second-order valence-corrected chi connectivity index (χ2v) is 11.2. The number of nitrogens with one attached hydrogen (secondary N) is 1. The highest BCUT2D eigenvalue weighted by atomic mass is 32.2. The predicted molar refractivity (Wildman–Crippen MR) is 116 cm³/mol. The lowest BCUT2D eigenvalue weighted by Crippen LogP contribution is -2.26. The molecule has 154 valence electrons. The number of thiophene rings is 1. The van der Waals surface area contributed by atoms with Crippen molar-refractivity contribution in [2.24, 2.45) is 18.4 Å². The number of hydrogen-bond donors (Lipinski definition) is 1. The fourth-order valence-electron chi connectivity index (χ4n) is 3.97. The number of nitriles is 1. The van der Waals surface area contributed by atoms with Crippen molar-refractivity contribution in [1.82, 2.24) is 14.8 Å². The number of thioether (sulfide) groups is 1. The average Bonchev–Trinajstić information content (AvgIpc) is 3.35. The van der Waals surface area contributed by atoms with Gasteiger partial charge >= 0.3 is 0 Å². The molecule has 2 heterocycles. The summed E-state index contributed by atoms with van der Waals surface area (Å²) in [6.07, 6.45) is 5.36. The van der Waals surface area contributed by atoms with Gasteiger partial charge in [0.15, 0.2) is 5.16 Å². The Balaban J connectivity index is 1.42. The van der Waals surface area contributed by atoms with Gasteiger partial charge in [0.2, 0.25) is 5.91 Å². The van der Waals surface area contributed by atoms with Crippen LogP contribution in [0.15, 0.2) is 5.16 Å². The van der Waals surface area contributed by atoms with Crippen molar-refractivity contribution in [2.45, 2.75) is 63.9 Å². The minimum atomic E-state index is -0.103. The van der Waals surface area contributed by atoms with Crippen molar-refractivity contribution in [1.29, 1.82) is 5.26 Å². The van der Waals surface area contributed by atoms with Gasteiger partial charge in [0.1, 0.15) is 16.9 Å². The van der Waals surface area contributed by atoms with Crippen LogP contribution in [0.25, 0.3) is 0 Å². The number of carbonyl (C=O) groups excluding carboxylic acids is 1. The van der Waals surface area contributed by atoms with Crippen LogP contribution in [0.5, 0.6) is 0 Å². The van der Waals surface area contributed by atoms with Gasteiger partial charge in [0.05, 0.1) is 11.3 Å². The molecule has 0 saturated heterocycles. The molecule has 2 aromatic rings. The number of aromatic nitrogens is 3. The van der Waals surface area contributed by atoms with Crippen molar-refractivity contribution < 1.29 is 4.79 Å². The molecule has 1 unspecified atom stereocenters. The maximum absolute atomic E-state index is 12.6. The Bertz CT molecular complexity index is 975. The highest BCUT2D eigenvalue weighted by Crippen LogP contribution is 2.44. The van der Waals surface area contributed by atoms with Crippen LogP contribution in [-0.4, -0.2) is 26.4 Å². The standard InChI is InChI=1S/C21H27N5OS2/c1-21(2,3)13-7-8-14-15(10-22)19(29-16(14)9-13)23-17(27)11-28-20-25-24-18(26(20)4)12-5-6-12/h12-13H,5-9,11H2,1-4H3,(H,23,27). The minimum Gasteiger partial charge on any atom is -0.316 e. The number of carbonyl (C=O) groups is 1. The SMILES string of the molecule is Cn1c(SCC(=O)Nc2sc3c(c2C#N)CCC(C(C)(C)C)C3)nnc1C1CC1. The first-order chi connectivity index (χ1) is 13.8. The molecule has 0 aliphatic heterocycles. The van der Waals surface area contributed by atoms with Crippen LogP contribution in [-0.2, 0) is 24.7 Å². The summed E-state index contributed by atoms with van der Waals surface area (Å²) in [7, 11) is 1.96. The van der Waals surface area contributed by atoms with Crippen LogP contribution in [0.2, 0.25) is 0 Å². The van der Waals surface area contributed by atoms with Gasteiger partial charge in [-0.2, -0.15) is 5.26 Å². The van der Waals surface area contributed by atoms with Crippen molar-refractivity contribution in [3.63, 3.8) is 0 Å². The van der Waals surface area contributed by atoms with Crippen LogP contribution in [0, 0.1) is 22.7 Å². The Hall–Kier alpha value is -1.85. The molecular formula is C21H27N5OS2. The monoisotopic (exact) mass is 429 g/mol. The van der Waals surface area contributed by atoms with E-state index in [1.807, 2.05) is 11.6 Å². The number of anilines is 1. The largest absolute Gasteiger partial charge is 0.316 e. The summed E-state index contributed by atoms with van der Waals surface area (Å²) in [5.74, 6) is 2.31. The van der Waals surface area contributed by atoms with Gasteiger partial charge in [0, 0.05) is 17.8 Å². The summed E-state index contributed by atoms with van der Waals surface area (Å²) >= 11 is 2.97. The zero-order chi connectivity index (χ0) is 20.8. The first-order valence-corrected chi connectivity index (χ1v) is 11.9. The Labute approximate surface area is 180 Å². The van der Waals surface area contributed by atoms with Crippen molar-refractivity contribution in [3.05, 3.63) is 21.8 Å². The average molecular weight is 430 g/mol. The molecule has 4 rings (SSSR count). The van der Waals surface area contributed by atoms with E-state index in [0.29, 0.717) is 22.4 Å². The van der Waals surface area contributed by atoms with Gasteiger partial charge in [-0.05, 0) is 49.0 Å². The molecule has 2 aliphatic rings. The first kappa shape index (κ1) is 20.4. The van der Waals surface area contributed by atoms with E-state index in [4.69, 9.17) is 0 Å². The van der Waals surface area contributed by atoms with Crippen molar-refractivity contribution in [2.75, 3.05) is 11.1 Å². The molecule has 2 aromatic heterocycles. The third-order valence-electron chi connectivity index (χ3n) is 6.00. The molecule has 29 heavy (non-hydrogen) atoms. The molecule has 1 amide bonds. The fraction of sp³-hybridized carbons (Fsp3) is 0.619. The van der Waals surface area contributed by atoms with Crippen LogP contribution >= 0.6 is 23.1 Å². The van der Waals surface area contributed by atoms with E-state index in [1.165, 1.54) is 29.5 Å². The summed E-state index contributed by atoms with van der Waals surface area (Å²) in [6, 6.07) is 2.33. The van der Waals surface area contributed by atoms with E-state index in [0.717, 1.165) is 35.8 Å². The lowest BCUT2D eigenvalue weighted by molar-refractivity contribution is -0.113. The Morgan fingerprint density at radius 1 is 1.34 bits per heavy atom. The zero-order valence-corrected chi connectivity index (χ0v) is 19.0. The molecule has 8 heteroatoms. The second kappa shape index (κ2) is 7.77. The van der Waals surface area contributed by atoms with Crippen LogP contribution < -0.4 is 5.32 Å². The molecule has 0 aromatic carbocycles. The normalized spacial score (nSPS) is 18.9. The number of hydrogen-bond acceptors (Lipinski definition) is 6. The van der Waals surface area contributed by atoms with Gasteiger partial charge in [-0.3, -0.25) is 4.79 Å². The van der Waals surface area contributed by atoms with E-state index in [2.05, 4.69) is 42.4 Å². The molecule has 1 atom stereocenters. The number of nitrogens with zero attached hydrogens (tertiary/aromatic N) is 4. The van der Waals surface area contributed by atoms with Gasteiger partial charge in [-0.25, -0.2) is 0 Å². The summed E-state index contributed by atoms with van der Waals surface area (Å²) in [5, 5.41) is 22.6. The number of fused-ring (bicyclic) bond motifs is 1. The van der Waals surface area contributed by atoms with Crippen LogP contribution in [0.1, 0.15) is 67.8 Å². The fourth-order valence-corrected chi connectivity index (χ4v) is 5.99. The van der Waals surface area contributed by atoms with Crippen LogP contribution in [0.3, 0.4) is 0 Å². The Morgan fingerprint density at radius 2 is 2.10 bits per heavy atom. The third kappa shape index (κ3) is 4.22. The summed E-state index contributed by atoms with van der Waals surface area (Å²) < 4.78 is 1.99. The number of rotatable bonds is 5. The number of amides is 1. The highest BCUT2D eigenvalue weighted by Gasteiger charge is 2.32. The molecule has 1 saturated carbocycles. The third-order valence-corrected chi connectivity index (χ3v) is 8.19. The summed E-state index contributed by atoms with van der Waals surface area (Å²) in [4.78, 5) is 13.8. The Kier molecular flexibility index (Phi) is 5.47. The summed E-state index contributed by atoms with van der Waals surface area (Å²) in [6.45, 7) is 6.84. The van der Waals surface area contributed by atoms with Crippen LogP contribution in [0.4, 0.5) is 5.00 Å². The van der Waals surface area contributed by atoms with E-state index in [9.17, 15) is 10.1 Å².